The summed E-state index contributed by atoms with van der Waals surface area (Å²) in [4.78, 5) is 33.5. The van der Waals surface area contributed by atoms with E-state index in [0.717, 1.165) is 58.6 Å². The zero-order valence-corrected chi connectivity index (χ0v) is 23.7. The molecule has 0 spiro atoms. The van der Waals surface area contributed by atoms with Gasteiger partial charge in [-0.2, -0.15) is 0 Å². The van der Waals surface area contributed by atoms with E-state index >= 15 is 0 Å². The van der Waals surface area contributed by atoms with Gasteiger partial charge in [0.1, 0.15) is 11.6 Å². The molecule has 0 aliphatic carbocycles. The van der Waals surface area contributed by atoms with Gasteiger partial charge in [-0.1, -0.05) is 56.1 Å². The van der Waals surface area contributed by atoms with Crippen molar-refractivity contribution in [3.8, 4) is 5.75 Å². The van der Waals surface area contributed by atoms with Gasteiger partial charge in [0.25, 0.3) is 5.91 Å². The predicted molar refractivity (Wildman–Crippen MR) is 157 cm³/mol. The molecule has 8 heteroatoms. The maximum absolute atomic E-state index is 12.5. The van der Waals surface area contributed by atoms with Gasteiger partial charge in [-0.15, -0.1) is 0 Å². The number of nitrogens with one attached hydrogen (secondary N) is 1. The number of hydrogen-bond acceptors (Lipinski definition) is 5. The fourth-order valence-electron chi connectivity index (χ4n) is 5.06. The lowest BCUT2D eigenvalue weighted by Gasteiger charge is -2.28. The highest BCUT2D eigenvalue weighted by atomic mass is 35.5. The number of methoxy groups -OCH3 is 1. The molecular formula is C32H34ClN3O4. The number of carboxylic acids is 1. The molecule has 0 bridgehead atoms. The minimum absolute atomic E-state index is 0.0377. The summed E-state index contributed by atoms with van der Waals surface area (Å²) in [6.45, 7) is 4.32. The topological polar surface area (TPSA) is 101 Å². The van der Waals surface area contributed by atoms with Crippen LogP contribution in [0.25, 0.3) is 10.9 Å². The fraction of sp³-hybridized carbons (Fsp3) is 0.312. The van der Waals surface area contributed by atoms with Crippen LogP contribution in [0.15, 0.2) is 66.7 Å². The highest BCUT2D eigenvalue weighted by molar-refractivity contribution is 6.30. The number of ether oxygens (including phenoxy) is 1. The van der Waals surface area contributed by atoms with Crippen molar-refractivity contribution >= 4 is 34.4 Å². The van der Waals surface area contributed by atoms with E-state index in [-0.39, 0.29) is 30.7 Å². The summed E-state index contributed by atoms with van der Waals surface area (Å²) in [6.07, 6.45) is 2.45. The molecule has 0 saturated heterocycles. The van der Waals surface area contributed by atoms with Crippen molar-refractivity contribution in [1.82, 2.24) is 15.3 Å². The quantitative estimate of drug-likeness (QED) is 0.198. The van der Waals surface area contributed by atoms with Crippen molar-refractivity contribution in [1.29, 1.82) is 0 Å². The van der Waals surface area contributed by atoms with Crippen LogP contribution < -0.4 is 10.1 Å². The smallest absolute Gasteiger partial charge is 0.305 e. The van der Waals surface area contributed by atoms with Gasteiger partial charge in [0.2, 0.25) is 0 Å². The molecule has 4 rings (SSSR count). The molecule has 7 nitrogen and oxygen atoms in total. The van der Waals surface area contributed by atoms with E-state index in [2.05, 4.69) is 19.2 Å². The molecular weight excluding hydrogens is 526 g/mol. The van der Waals surface area contributed by atoms with Crippen LogP contribution in [0.2, 0.25) is 5.02 Å². The Morgan fingerprint density at radius 1 is 0.975 bits per heavy atom. The Labute approximate surface area is 239 Å². The summed E-state index contributed by atoms with van der Waals surface area (Å²) in [5, 5.41) is 13.1. The Kier molecular flexibility index (Phi) is 9.72. The van der Waals surface area contributed by atoms with Gasteiger partial charge in [-0.25, -0.2) is 9.97 Å². The largest absolute Gasteiger partial charge is 0.497 e. The second-order valence-corrected chi connectivity index (χ2v) is 10.1. The zero-order valence-electron chi connectivity index (χ0n) is 23.0. The first-order chi connectivity index (χ1) is 19.3. The molecule has 40 heavy (non-hydrogen) atoms. The van der Waals surface area contributed by atoms with E-state index in [1.165, 1.54) is 0 Å². The number of carbonyl (C=O) groups excluding carboxylic acids is 1. The van der Waals surface area contributed by atoms with Gasteiger partial charge >= 0.3 is 5.97 Å². The third-order valence-corrected chi connectivity index (χ3v) is 7.32. The Morgan fingerprint density at radius 3 is 2.30 bits per heavy atom. The van der Waals surface area contributed by atoms with Gasteiger partial charge in [-0.3, -0.25) is 9.59 Å². The maximum Gasteiger partial charge on any atom is 0.305 e. The van der Waals surface area contributed by atoms with Crippen LogP contribution in [-0.4, -0.2) is 40.6 Å². The Bertz CT molecular complexity index is 1470. The molecule has 0 fully saturated rings. The predicted octanol–water partition coefficient (Wildman–Crippen LogP) is 6.77. The minimum atomic E-state index is -0.951. The molecule has 3 aromatic carbocycles. The molecule has 0 saturated carbocycles. The number of carboxylic acid groups (broad SMARTS) is 1. The summed E-state index contributed by atoms with van der Waals surface area (Å²) in [5.74, 6) is 0.150. The van der Waals surface area contributed by atoms with E-state index in [1.54, 1.807) is 19.2 Å². The molecule has 0 aliphatic rings. The lowest BCUT2D eigenvalue weighted by atomic mass is 9.78. The number of aromatic nitrogens is 2. The normalized spacial score (nSPS) is 12.6. The number of fused-ring (bicyclic) bond motifs is 1. The molecule has 2 atom stereocenters. The van der Waals surface area contributed by atoms with Crippen LogP contribution in [0, 0.1) is 0 Å². The number of nitrogens with zero attached hydrogens (tertiary/aromatic N) is 2. The fourth-order valence-corrected chi connectivity index (χ4v) is 5.19. The summed E-state index contributed by atoms with van der Waals surface area (Å²) >= 11 is 6.26. The number of amides is 1. The maximum atomic E-state index is 12.5. The van der Waals surface area contributed by atoms with E-state index in [1.807, 2.05) is 54.6 Å². The van der Waals surface area contributed by atoms with Crippen molar-refractivity contribution in [3.05, 3.63) is 100.0 Å². The molecule has 1 heterocycles. The number of aliphatic carboxylic acids is 1. The van der Waals surface area contributed by atoms with E-state index < -0.39 is 5.97 Å². The number of aryl methyl sites for hydroxylation is 1. The number of rotatable bonds is 12. The van der Waals surface area contributed by atoms with Crippen molar-refractivity contribution in [2.45, 2.75) is 51.4 Å². The zero-order chi connectivity index (χ0) is 28.6. The van der Waals surface area contributed by atoms with Crippen molar-refractivity contribution in [3.63, 3.8) is 0 Å². The highest BCUT2D eigenvalue weighted by Crippen LogP contribution is 2.41. The van der Waals surface area contributed by atoms with Crippen LogP contribution in [0.4, 0.5) is 0 Å². The van der Waals surface area contributed by atoms with Gasteiger partial charge in [0.15, 0.2) is 0 Å². The van der Waals surface area contributed by atoms with Crippen molar-refractivity contribution in [2.24, 2.45) is 0 Å². The molecule has 1 aromatic heterocycles. The first-order valence-corrected chi connectivity index (χ1v) is 13.9. The van der Waals surface area contributed by atoms with Crippen LogP contribution in [0.5, 0.6) is 5.75 Å². The third kappa shape index (κ3) is 6.77. The molecule has 4 aromatic rings. The van der Waals surface area contributed by atoms with Crippen molar-refractivity contribution < 1.29 is 19.4 Å². The summed E-state index contributed by atoms with van der Waals surface area (Å²) in [7, 11) is 1.65. The number of carbonyl (C=O) groups is 2. The van der Waals surface area contributed by atoms with Crippen LogP contribution in [-0.2, 0) is 11.2 Å². The SMILES string of the molecule is CCCC(c1ccc(C(=O)NCCC(=O)O)cc1)C(c1ccc(Cl)cc1)c1nc(CC)c2cc(OC)ccc2n1. The monoisotopic (exact) mass is 559 g/mol. The molecule has 2 unspecified atom stereocenters. The van der Waals surface area contributed by atoms with Crippen LogP contribution >= 0.6 is 11.6 Å². The lowest BCUT2D eigenvalue weighted by Crippen LogP contribution is -2.26. The Balaban J connectivity index is 1.78. The summed E-state index contributed by atoms with van der Waals surface area (Å²) in [6, 6.07) is 21.3. The Morgan fingerprint density at radius 2 is 1.68 bits per heavy atom. The number of halogens is 1. The molecule has 0 radical (unpaired) electrons. The van der Waals surface area contributed by atoms with E-state index in [9.17, 15) is 9.59 Å². The average molecular weight is 560 g/mol. The van der Waals surface area contributed by atoms with E-state index in [0.29, 0.717) is 10.6 Å². The molecule has 0 aliphatic heterocycles. The third-order valence-electron chi connectivity index (χ3n) is 7.07. The average Bonchev–Trinajstić information content (AvgIpc) is 2.97. The second kappa shape index (κ2) is 13.4. The van der Waals surface area contributed by atoms with Gasteiger partial charge in [0, 0.05) is 22.5 Å². The van der Waals surface area contributed by atoms with E-state index in [4.69, 9.17) is 31.4 Å². The molecule has 1 amide bonds. The number of hydrogen-bond donors (Lipinski definition) is 2. The summed E-state index contributed by atoms with van der Waals surface area (Å²) < 4.78 is 5.44. The molecule has 208 valence electrons. The highest BCUT2D eigenvalue weighted by Gasteiger charge is 2.29. The number of benzene rings is 3. The van der Waals surface area contributed by atoms with Gasteiger partial charge in [0.05, 0.1) is 30.7 Å². The minimum Gasteiger partial charge on any atom is -0.497 e. The molecule has 2 N–H and O–H groups in total. The Hall–Kier alpha value is -3.97. The van der Waals surface area contributed by atoms with Crippen LogP contribution in [0.1, 0.15) is 77.9 Å². The van der Waals surface area contributed by atoms with Crippen molar-refractivity contribution in [2.75, 3.05) is 13.7 Å². The lowest BCUT2D eigenvalue weighted by molar-refractivity contribution is -0.136. The standard InChI is InChI=1S/C32H34ClN3O4/c1-4-6-25(20-7-9-22(10-8-20)32(39)34-18-17-29(37)38)30(21-11-13-23(33)14-12-21)31-35-27(5-2)26-19-24(40-3)15-16-28(26)36-31/h7-16,19,25,30H,4-6,17-18H2,1-3H3,(H,34,39)(H,37,38). The van der Waals surface area contributed by atoms with Gasteiger partial charge < -0.3 is 15.2 Å². The first kappa shape index (κ1) is 29.0. The summed E-state index contributed by atoms with van der Waals surface area (Å²) in [5.41, 5.74) is 4.44. The van der Waals surface area contributed by atoms with Crippen LogP contribution in [0.3, 0.4) is 0 Å². The first-order valence-electron chi connectivity index (χ1n) is 13.5. The second-order valence-electron chi connectivity index (χ2n) is 9.71. The van der Waals surface area contributed by atoms with Gasteiger partial charge in [-0.05, 0) is 72.4 Å².